The predicted molar refractivity (Wildman–Crippen MR) is 61.8 cm³/mol. The zero-order chi connectivity index (χ0) is 11.9. The minimum atomic E-state index is -0.339. The molecular weight excluding hydrogens is 205 g/mol. The van der Waals surface area contributed by atoms with Crippen molar-refractivity contribution >= 4 is 0 Å². The highest BCUT2D eigenvalue weighted by atomic mass is 19.1. The van der Waals surface area contributed by atoms with Gasteiger partial charge in [-0.15, -0.1) is 0 Å². The Morgan fingerprint density at radius 3 is 2.56 bits per heavy atom. The van der Waals surface area contributed by atoms with Crippen molar-refractivity contribution in [3.63, 3.8) is 0 Å². The van der Waals surface area contributed by atoms with Crippen molar-refractivity contribution in [1.29, 1.82) is 0 Å². The Morgan fingerprint density at radius 2 is 2.12 bits per heavy atom. The summed E-state index contributed by atoms with van der Waals surface area (Å²) in [6, 6.07) is 4.90. The Hall–Kier alpha value is -1.09. The van der Waals surface area contributed by atoms with Crippen molar-refractivity contribution in [2.24, 2.45) is 17.1 Å². The molecule has 0 saturated heterocycles. The number of benzene rings is 1. The molecule has 2 unspecified atom stereocenters. The van der Waals surface area contributed by atoms with Crippen LogP contribution in [0.15, 0.2) is 18.2 Å². The van der Waals surface area contributed by atoms with Gasteiger partial charge >= 0.3 is 0 Å². The van der Waals surface area contributed by atoms with E-state index in [0.29, 0.717) is 11.3 Å². The second-order valence-electron chi connectivity index (χ2n) is 5.22. The molecular formula is C13H18FNO. The average molecular weight is 223 g/mol. The average Bonchev–Trinajstić information content (AvgIpc) is 2.86. The smallest absolute Gasteiger partial charge is 0.165 e. The fourth-order valence-corrected chi connectivity index (χ4v) is 2.24. The molecule has 1 aliphatic rings. The van der Waals surface area contributed by atoms with E-state index in [9.17, 15) is 4.39 Å². The van der Waals surface area contributed by atoms with Gasteiger partial charge in [0.2, 0.25) is 0 Å². The van der Waals surface area contributed by atoms with Crippen LogP contribution < -0.4 is 10.5 Å². The Kier molecular flexibility index (Phi) is 2.66. The lowest BCUT2D eigenvalue weighted by Crippen LogP contribution is -2.15. The number of nitrogens with two attached hydrogens (primary N) is 1. The molecule has 1 aromatic carbocycles. The van der Waals surface area contributed by atoms with Crippen molar-refractivity contribution in [3.8, 4) is 5.75 Å². The summed E-state index contributed by atoms with van der Waals surface area (Å²) in [5.74, 6) is 0.389. The summed E-state index contributed by atoms with van der Waals surface area (Å²) in [5, 5.41) is 0. The Bertz CT molecular complexity index is 403. The SMILES string of the molecule is COc1ccc(C(N)C2CC2(C)C)cc1F. The summed E-state index contributed by atoms with van der Waals surface area (Å²) in [6.07, 6.45) is 1.11. The van der Waals surface area contributed by atoms with Gasteiger partial charge in [-0.3, -0.25) is 0 Å². The van der Waals surface area contributed by atoms with Crippen LogP contribution in [0.3, 0.4) is 0 Å². The van der Waals surface area contributed by atoms with E-state index < -0.39 is 0 Å². The molecule has 1 fully saturated rings. The van der Waals surface area contributed by atoms with Gasteiger partial charge in [-0.1, -0.05) is 19.9 Å². The minimum absolute atomic E-state index is 0.0737. The standard InChI is InChI=1S/C13H18FNO/c1-13(2)7-9(13)12(15)8-4-5-11(16-3)10(14)6-8/h4-6,9,12H,7,15H2,1-3H3. The van der Waals surface area contributed by atoms with Crippen LogP contribution in [0.2, 0.25) is 0 Å². The Labute approximate surface area is 95.6 Å². The molecule has 2 nitrogen and oxygen atoms in total. The van der Waals surface area contributed by atoms with Gasteiger partial charge in [-0.05, 0) is 35.4 Å². The van der Waals surface area contributed by atoms with E-state index in [0.717, 1.165) is 12.0 Å². The maximum absolute atomic E-state index is 13.5. The van der Waals surface area contributed by atoms with Gasteiger partial charge in [0, 0.05) is 6.04 Å². The number of methoxy groups -OCH3 is 1. The van der Waals surface area contributed by atoms with Crippen molar-refractivity contribution in [2.45, 2.75) is 26.3 Å². The Morgan fingerprint density at radius 1 is 1.50 bits per heavy atom. The van der Waals surface area contributed by atoms with Gasteiger partial charge in [0.05, 0.1) is 7.11 Å². The molecule has 0 amide bonds. The quantitative estimate of drug-likeness (QED) is 0.855. The van der Waals surface area contributed by atoms with Crippen LogP contribution in [0.4, 0.5) is 4.39 Å². The molecule has 0 aromatic heterocycles. The lowest BCUT2D eigenvalue weighted by molar-refractivity contribution is 0.385. The lowest BCUT2D eigenvalue weighted by atomic mass is 9.98. The van der Waals surface area contributed by atoms with E-state index in [1.54, 1.807) is 6.07 Å². The summed E-state index contributed by atoms with van der Waals surface area (Å²) in [7, 11) is 1.46. The van der Waals surface area contributed by atoms with Gasteiger partial charge in [0.1, 0.15) is 0 Å². The van der Waals surface area contributed by atoms with Crippen LogP contribution in [0.5, 0.6) is 5.75 Å². The van der Waals surface area contributed by atoms with Gasteiger partial charge in [0.25, 0.3) is 0 Å². The van der Waals surface area contributed by atoms with E-state index in [1.807, 2.05) is 6.07 Å². The second-order valence-corrected chi connectivity index (χ2v) is 5.22. The molecule has 1 aliphatic carbocycles. The second kappa shape index (κ2) is 3.74. The van der Waals surface area contributed by atoms with E-state index >= 15 is 0 Å². The van der Waals surface area contributed by atoms with E-state index in [4.69, 9.17) is 10.5 Å². The van der Waals surface area contributed by atoms with E-state index in [1.165, 1.54) is 13.2 Å². The van der Waals surface area contributed by atoms with Crippen LogP contribution in [-0.4, -0.2) is 7.11 Å². The molecule has 3 heteroatoms. The first-order valence-corrected chi connectivity index (χ1v) is 5.55. The predicted octanol–water partition coefficient (Wildman–Crippen LogP) is 2.88. The van der Waals surface area contributed by atoms with Crippen LogP contribution in [-0.2, 0) is 0 Å². The zero-order valence-corrected chi connectivity index (χ0v) is 9.96. The molecule has 0 aliphatic heterocycles. The first-order chi connectivity index (χ1) is 7.45. The maximum Gasteiger partial charge on any atom is 0.165 e. The molecule has 0 heterocycles. The zero-order valence-electron chi connectivity index (χ0n) is 9.96. The van der Waals surface area contributed by atoms with Crippen molar-refractivity contribution in [3.05, 3.63) is 29.6 Å². The molecule has 2 N–H and O–H groups in total. The number of hydrogen-bond donors (Lipinski definition) is 1. The largest absolute Gasteiger partial charge is 0.494 e. The van der Waals surface area contributed by atoms with Crippen LogP contribution in [0.25, 0.3) is 0 Å². The third-order valence-electron chi connectivity index (χ3n) is 3.58. The third-order valence-corrected chi connectivity index (χ3v) is 3.58. The Balaban J connectivity index is 2.19. The molecule has 0 bridgehead atoms. The van der Waals surface area contributed by atoms with Crippen molar-refractivity contribution < 1.29 is 9.13 Å². The molecule has 1 aromatic rings. The van der Waals surface area contributed by atoms with Crippen LogP contribution >= 0.6 is 0 Å². The van der Waals surface area contributed by atoms with E-state index in [-0.39, 0.29) is 17.6 Å². The van der Waals surface area contributed by atoms with Gasteiger partial charge in [-0.2, -0.15) is 0 Å². The first-order valence-electron chi connectivity index (χ1n) is 5.55. The number of ether oxygens (including phenoxy) is 1. The highest BCUT2D eigenvalue weighted by Crippen LogP contribution is 2.57. The lowest BCUT2D eigenvalue weighted by Gasteiger charge is -2.14. The van der Waals surface area contributed by atoms with Crippen LogP contribution in [0, 0.1) is 17.2 Å². The first kappa shape index (κ1) is 11.4. The number of halogens is 1. The number of hydrogen-bond acceptors (Lipinski definition) is 2. The maximum atomic E-state index is 13.5. The molecule has 0 radical (unpaired) electrons. The van der Waals surface area contributed by atoms with E-state index in [2.05, 4.69) is 13.8 Å². The molecule has 88 valence electrons. The third kappa shape index (κ3) is 1.92. The molecule has 2 rings (SSSR count). The van der Waals surface area contributed by atoms with Crippen molar-refractivity contribution in [1.82, 2.24) is 0 Å². The molecule has 16 heavy (non-hydrogen) atoms. The number of rotatable bonds is 3. The van der Waals surface area contributed by atoms with Crippen LogP contribution in [0.1, 0.15) is 31.9 Å². The normalized spacial score (nSPS) is 23.9. The fraction of sp³-hybridized carbons (Fsp3) is 0.538. The molecule has 1 saturated carbocycles. The highest BCUT2D eigenvalue weighted by molar-refractivity contribution is 5.32. The van der Waals surface area contributed by atoms with Crippen molar-refractivity contribution in [2.75, 3.05) is 7.11 Å². The summed E-state index contributed by atoms with van der Waals surface area (Å²) in [4.78, 5) is 0. The van der Waals surface area contributed by atoms with Gasteiger partial charge in [0.15, 0.2) is 11.6 Å². The summed E-state index contributed by atoms with van der Waals surface area (Å²) < 4.78 is 18.4. The topological polar surface area (TPSA) is 35.2 Å². The highest BCUT2D eigenvalue weighted by Gasteiger charge is 2.49. The fourth-order valence-electron chi connectivity index (χ4n) is 2.24. The molecule has 2 atom stereocenters. The van der Waals surface area contributed by atoms with Gasteiger partial charge < -0.3 is 10.5 Å². The summed E-state index contributed by atoms with van der Waals surface area (Å²) in [5.41, 5.74) is 7.29. The minimum Gasteiger partial charge on any atom is -0.494 e. The van der Waals surface area contributed by atoms with Gasteiger partial charge in [-0.25, -0.2) is 4.39 Å². The summed E-state index contributed by atoms with van der Waals surface area (Å²) in [6.45, 7) is 4.38. The molecule has 0 spiro atoms. The summed E-state index contributed by atoms with van der Waals surface area (Å²) >= 11 is 0. The monoisotopic (exact) mass is 223 g/mol.